The van der Waals surface area contributed by atoms with Gasteiger partial charge in [-0.05, 0) is 28.7 Å². The van der Waals surface area contributed by atoms with Gasteiger partial charge in [0.2, 0.25) is 0 Å². The highest BCUT2D eigenvalue weighted by Gasteiger charge is 2.65. The summed E-state index contributed by atoms with van der Waals surface area (Å²) in [7, 11) is 0. The van der Waals surface area contributed by atoms with Crippen LogP contribution in [0.5, 0.6) is 0 Å². The first-order chi connectivity index (χ1) is 5.83. The summed E-state index contributed by atoms with van der Waals surface area (Å²) in [4.78, 5) is 0. The molecule has 3 rings (SSSR count). The molecule has 0 spiro atoms. The highest BCUT2D eigenvalue weighted by atomic mass is 32.1. The zero-order valence-corrected chi connectivity index (χ0v) is 8.07. The zero-order valence-electron chi connectivity index (χ0n) is 6.44. The van der Waals surface area contributed by atoms with E-state index in [1.807, 2.05) is 10.7 Å². The molecule has 2 heteroatoms. The lowest BCUT2D eigenvalue weighted by Gasteiger charge is -2.66. The summed E-state index contributed by atoms with van der Waals surface area (Å²) in [5, 5.41) is 3.76. The van der Waals surface area contributed by atoms with Crippen LogP contribution in [0.2, 0.25) is 0 Å². The fraction of sp³-hybridized carbons (Fsp3) is 0.400. The zero-order chi connectivity index (χ0) is 8.34. The molecular formula is C10H8S2. The fourth-order valence-corrected chi connectivity index (χ4v) is 3.41. The average molecular weight is 192 g/mol. The smallest absolute Gasteiger partial charge is 0.0303 e. The van der Waals surface area contributed by atoms with Crippen LogP contribution in [-0.2, 0) is 0 Å². The van der Waals surface area contributed by atoms with E-state index in [1.165, 1.54) is 5.57 Å². The summed E-state index contributed by atoms with van der Waals surface area (Å²) in [6.45, 7) is 0. The minimum atomic E-state index is 0.266. The Kier molecular flexibility index (Phi) is 1.15. The lowest BCUT2D eigenvalue weighted by atomic mass is 9.36. The van der Waals surface area contributed by atoms with Crippen LogP contribution in [0, 0.1) is 23.2 Å². The number of rotatable bonds is 2. The quantitative estimate of drug-likeness (QED) is 0.486. The van der Waals surface area contributed by atoms with Crippen molar-refractivity contribution in [1.29, 1.82) is 0 Å². The molecule has 0 bridgehead atoms. The number of thiocarbonyl (C=S) groups is 2. The highest BCUT2D eigenvalue weighted by Crippen LogP contribution is 2.69. The summed E-state index contributed by atoms with van der Waals surface area (Å²) in [6.07, 6.45) is 6.80. The highest BCUT2D eigenvalue weighted by molar-refractivity contribution is 7.79. The monoisotopic (exact) mass is 192 g/mol. The molecule has 0 aromatic carbocycles. The van der Waals surface area contributed by atoms with Crippen LogP contribution in [0.25, 0.3) is 0 Å². The Morgan fingerprint density at radius 3 is 2.58 bits per heavy atom. The molecule has 12 heavy (non-hydrogen) atoms. The third-order valence-corrected chi connectivity index (χ3v) is 4.30. The summed E-state index contributed by atoms with van der Waals surface area (Å²) in [5.74, 6) is 2.07. The molecule has 3 aliphatic carbocycles. The second-order valence-corrected chi connectivity index (χ2v) is 4.31. The first-order valence-electron chi connectivity index (χ1n) is 4.16. The summed E-state index contributed by atoms with van der Waals surface area (Å²) in [5.41, 5.74) is 1.62. The first-order valence-corrected chi connectivity index (χ1v) is 5.10. The van der Waals surface area contributed by atoms with Crippen LogP contribution in [-0.4, -0.2) is 10.7 Å². The SMILES string of the molecule is S=CC1=C[C@H]2C1[C@H]1C=C[C@]12C=S. The van der Waals surface area contributed by atoms with E-state index in [1.54, 1.807) is 0 Å². The van der Waals surface area contributed by atoms with Gasteiger partial charge in [0, 0.05) is 10.8 Å². The van der Waals surface area contributed by atoms with E-state index < -0.39 is 0 Å². The minimum absolute atomic E-state index is 0.266. The molecule has 0 nitrogen and oxygen atoms in total. The summed E-state index contributed by atoms with van der Waals surface area (Å²) < 4.78 is 0. The summed E-state index contributed by atoms with van der Waals surface area (Å²) >= 11 is 9.99. The molecule has 1 fully saturated rings. The van der Waals surface area contributed by atoms with Crippen LogP contribution >= 0.6 is 24.4 Å². The van der Waals surface area contributed by atoms with Crippen molar-refractivity contribution >= 4 is 35.2 Å². The largest absolute Gasteiger partial charge is 0.0925 e. The Hall–Kier alpha value is -0.340. The first kappa shape index (κ1) is 7.10. The van der Waals surface area contributed by atoms with Crippen molar-refractivity contribution in [2.75, 3.05) is 0 Å². The number of hydrogen-bond donors (Lipinski definition) is 0. The van der Waals surface area contributed by atoms with Gasteiger partial charge in [0.05, 0.1) is 0 Å². The molecule has 1 saturated carbocycles. The normalized spacial score (nSPS) is 51.7. The van der Waals surface area contributed by atoms with Crippen molar-refractivity contribution in [2.24, 2.45) is 23.2 Å². The lowest BCUT2D eigenvalue weighted by molar-refractivity contribution is 0.0159. The van der Waals surface area contributed by atoms with E-state index in [-0.39, 0.29) is 5.41 Å². The van der Waals surface area contributed by atoms with Crippen molar-refractivity contribution in [2.45, 2.75) is 0 Å². The van der Waals surface area contributed by atoms with Crippen LogP contribution < -0.4 is 0 Å². The third kappa shape index (κ3) is 0.485. The molecule has 0 saturated heterocycles. The topological polar surface area (TPSA) is 0 Å². The Bertz CT molecular complexity index is 340. The molecule has 60 valence electrons. The molecule has 0 N–H and O–H groups in total. The Morgan fingerprint density at radius 2 is 2.17 bits per heavy atom. The molecular weight excluding hydrogens is 184 g/mol. The number of allylic oxidation sites excluding steroid dienone is 4. The maximum Gasteiger partial charge on any atom is 0.0303 e. The molecule has 0 radical (unpaired) electrons. The molecule has 4 atom stereocenters. The maximum atomic E-state index is 5.06. The van der Waals surface area contributed by atoms with Crippen LogP contribution in [0.3, 0.4) is 0 Å². The van der Waals surface area contributed by atoms with E-state index in [4.69, 9.17) is 24.4 Å². The summed E-state index contributed by atoms with van der Waals surface area (Å²) in [6, 6.07) is 0. The Balaban J connectivity index is 2.00. The van der Waals surface area contributed by atoms with Gasteiger partial charge in [0.15, 0.2) is 0 Å². The van der Waals surface area contributed by atoms with E-state index in [2.05, 4.69) is 18.2 Å². The predicted octanol–water partition coefficient (Wildman–Crippen LogP) is 2.34. The molecule has 1 unspecified atom stereocenters. The van der Waals surface area contributed by atoms with Gasteiger partial charge in [-0.2, -0.15) is 0 Å². The fourth-order valence-electron chi connectivity index (χ4n) is 2.79. The third-order valence-electron chi connectivity index (χ3n) is 3.62. The Labute approximate surface area is 82.3 Å². The van der Waals surface area contributed by atoms with Crippen molar-refractivity contribution < 1.29 is 0 Å². The number of hydrogen-bond acceptors (Lipinski definition) is 2. The van der Waals surface area contributed by atoms with Crippen LogP contribution in [0.15, 0.2) is 23.8 Å². The van der Waals surface area contributed by atoms with Gasteiger partial charge >= 0.3 is 0 Å². The average Bonchev–Trinajstić information content (AvgIpc) is 2.05. The van der Waals surface area contributed by atoms with E-state index in [0.717, 1.165) is 0 Å². The van der Waals surface area contributed by atoms with Gasteiger partial charge in [0.1, 0.15) is 0 Å². The van der Waals surface area contributed by atoms with Gasteiger partial charge in [-0.25, -0.2) is 0 Å². The van der Waals surface area contributed by atoms with Crippen molar-refractivity contribution in [3.63, 3.8) is 0 Å². The molecule has 0 amide bonds. The lowest BCUT2D eigenvalue weighted by Crippen LogP contribution is -2.64. The second-order valence-electron chi connectivity index (χ2n) is 3.84. The van der Waals surface area contributed by atoms with Crippen LogP contribution in [0.4, 0.5) is 0 Å². The molecule has 0 aromatic rings. The van der Waals surface area contributed by atoms with Gasteiger partial charge in [-0.3, -0.25) is 0 Å². The van der Waals surface area contributed by atoms with Gasteiger partial charge < -0.3 is 0 Å². The predicted molar refractivity (Wildman–Crippen MR) is 57.4 cm³/mol. The van der Waals surface area contributed by atoms with Gasteiger partial charge in [0.25, 0.3) is 0 Å². The maximum absolute atomic E-state index is 5.06. The second kappa shape index (κ2) is 1.94. The van der Waals surface area contributed by atoms with Crippen molar-refractivity contribution in [1.82, 2.24) is 0 Å². The molecule has 0 heterocycles. The number of fused-ring (bicyclic) bond motifs is 4. The van der Waals surface area contributed by atoms with Crippen molar-refractivity contribution in [3.05, 3.63) is 23.8 Å². The van der Waals surface area contributed by atoms with Crippen molar-refractivity contribution in [3.8, 4) is 0 Å². The standard InChI is InChI=1S/C10H8S2/c11-4-6-3-8-9(6)7-1-2-10(7,8)5-12/h1-5,7-9H/t7-,8+,9?,10+/m1/s1. The molecule has 0 aliphatic heterocycles. The van der Waals surface area contributed by atoms with Gasteiger partial charge in [-0.1, -0.05) is 42.7 Å². The molecule has 3 aliphatic rings. The van der Waals surface area contributed by atoms with Gasteiger partial charge in [-0.15, -0.1) is 0 Å². The van der Waals surface area contributed by atoms with E-state index >= 15 is 0 Å². The van der Waals surface area contributed by atoms with E-state index in [0.29, 0.717) is 17.8 Å². The Morgan fingerprint density at radius 1 is 1.33 bits per heavy atom. The minimum Gasteiger partial charge on any atom is -0.0925 e. The van der Waals surface area contributed by atoms with Crippen LogP contribution in [0.1, 0.15) is 0 Å². The molecule has 0 aromatic heterocycles. The van der Waals surface area contributed by atoms with E-state index in [9.17, 15) is 0 Å².